The molecule has 1 unspecified atom stereocenters. The second-order valence-electron chi connectivity index (χ2n) is 2.99. The average Bonchev–Trinajstić information content (AvgIpc) is 2.56. The van der Waals surface area contributed by atoms with E-state index < -0.39 is 6.16 Å². The first-order valence-electron chi connectivity index (χ1n) is 4.24. The van der Waals surface area contributed by atoms with E-state index in [1.54, 1.807) is 18.3 Å². The van der Waals surface area contributed by atoms with Gasteiger partial charge in [-0.15, -0.1) is 0 Å². The lowest BCUT2D eigenvalue weighted by Gasteiger charge is -2.07. The lowest BCUT2D eigenvalue weighted by atomic mass is 10.3. The third-order valence-corrected chi connectivity index (χ3v) is 1.95. The molecular formula is C9H9NO4. The van der Waals surface area contributed by atoms with Crippen molar-refractivity contribution in [2.24, 2.45) is 0 Å². The fourth-order valence-electron chi connectivity index (χ4n) is 1.29. The summed E-state index contributed by atoms with van der Waals surface area (Å²) in [6.07, 6.45) is 0.621. The first-order chi connectivity index (χ1) is 6.75. The Labute approximate surface area is 79.9 Å². The molecule has 1 fully saturated rings. The highest BCUT2D eigenvalue weighted by Gasteiger charge is 2.25. The Morgan fingerprint density at radius 3 is 2.93 bits per heavy atom. The SMILES string of the molecule is O=C1OCC(Cn2ccccc2=O)O1. The second kappa shape index (κ2) is 3.53. The molecule has 1 aromatic heterocycles. The zero-order valence-corrected chi connectivity index (χ0v) is 7.38. The number of hydrogen-bond acceptors (Lipinski definition) is 4. The van der Waals surface area contributed by atoms with Crippen LogP contribution in [-0.2, 0) is 16.0 Å². The predicted octanol–water partition coefficient (Wildman–Crippen LogP) is 0.384. The topological polar surface area (TPSA) is 57.5 Å². The van der Waals surface area contributed by atoms with E-state index in [1.165, 1.54) is 10.6 Å². The van der Waals surface area contributed by atoms with Crippen LogP contribution in [0, 0.1) is 0 Å². The second-order valence-corrected chi connectivity index (χ2v) is 2.99. The van der Waals surface area contributed by atoms with Crippen LogP contribution in [0.3, 0.4) is 0 Å². The number of cyclic esters (lactones) is 2. The van der Waals surface area contributed by atoms with Crippen LogP contribution in [-0.4, -0.2) is 23.4 Å². The lowest BCUT2D eigenvalue weighted by molar-refractivity contribution is 0.113. The fourth-order valence-corrected chi connectivity index (χ4v) is 1.29. The number of carbonyl (C=O) groups is 1. The van der Waals surface area contributed by atoms with Crippen molar-refractivity contribution >= 4 is 6.16 Å². The van der Waals surface area contributed by atoms with Crippen LogP contribution in [0.25, 0.3) is 0 Å². The molecule has 0 radical (unpaired) electrons. The summed E-state index contributed by atoms with van der Waals surface area (Å²) >= 11 is 0. The Bertz CT molecular complexity index is 398. The van der Waals surface area contributed by atoms with Gasteiger partial charge >= 0.3 is 6.16 Å². The number of ether oxygens (including phenoxy) is 2. The zero-order valence-electron chi connectivity index (χ0n) is 7.38. The first kappa shape index (κ1) is 8.80. The molecule has 0 aromatic carbocycles. The van der Waals surface area contributed by atoms with Gasteiger partial charge in [-0.05, 0) is 6.07 Å². The van der Waals surface area contributed by atoms with Gasteiger partial charge in [0.05, 0.1) is 6.54 Å². The number of pyridine rings is 1. The summed E-state index contributed by atoms with van der Waals surface area (Å²) in [4.78, 5) is 21.9. The number of rotatable bonds is 2. The average molecular weight is 195 g/mol. The molecule has 0 bridgehead atoms. The minimum absolute atomic E-state index is 0.115. The van der Waals surface area contributed by atoms with E-state index in [1.807, 2.05) is 0 Å². The van der Waals surface area contributed by atoms with Gasteiger partial charge in [-0.2, -0.15) is 0 Å². The quantitative estimate of drug-likeness (QED) is 0.640. The van der Waals surface area contributed by atoms with Crippen LogP contribution in [0.2, 0.25) is 0 Å². The summed E-state index contributed by atoms with van der Waals surface area (Å²) in [5.41, 5.74) is -0.115. The van der Waals surface area contributed by atoms with Crippen molar-refractivity contribution in [3.05, 3.63) is 34.7 Å². The number of aromatic nitrogens is 1. The van der Waals surface area contributed by atoms with Gasteiger partial charge in [0.1, 0.15) is 6.61 Å². The molecule has 0 amide bonds. The molecule has 1 saturated heterocycles. The molecule has 1 aliphatic rings. The molecule has 14 heavy (non-hydrogen) atoms. The standard InChI is InChI=1S/C9H9NO4/c11-8-3-1-2-4-10(8)5-7-6-13-9(12)14-7/h1-4,7H,5-6H2. The third-order valence-electron chi connectivity index (χ3n) is 1.95. The van der Waals surface area contributed by atoms with Gasteiger partial charge in [0, 0.05) is 12.3 Å². The molecule has 1 aromatic rings. The maximum absolute atomic E-state index is 11.3. The normalized spacial score (nSPS) is 20.3. The minimum Gasteiger partial charge on any atom is -0.430 e. The largest absolute Gasteiger partial charge is 0.508 e. The minimum atomic E-state index is -0.668. The smallest absolute Gasteiger partial charge is 0.430 e. The van der Waals surface area contributed by atoms with Crippen molar-refractivity contribution < 1.29 is 14.3 Å². The van der Waals surface area contributed by atoms with E-state index in [4.69, 9.17) is 4.74 Å². The number of nitrogens with zero attached hydrogens (tertiary/aromatic N) is 1. The van der Waals surface area contributed by atoms with E-state index in [0.29, 0.717) is 6.54 Å². The van der Waals surface area contributed by atoms with Gasteiger partial charge in [0.2, 0.25) is 0 Å². The third kappa shape index (κ3) is 1.76. The first-order valence-corrected chi connectivity index (χ1v) is 4.24. The van der Waals surface area contributed by atoms with Crippen molar-refractivity contribution in [1.82, 2.24) is 4.57 Å². The maximum Gasteiger partial charge on any atom is 0.508 e. The lowest BCUT2D eigenvalue weighted by Crippen LogP contribution is -2.26. The number of carbonyl (C=O) groups excluding carboxylic acids is 1. The van der Waals surface area contributed by atoms with Gasteiger partial charge in [0.15, 0.2) is 6.10 Å². The van der Waals surface area contributed by atoms with Crippen molar-refractivity contribution in [3.63, 3.8) is 0 Å². The fraction of sp³-hybridized carbons (Fsp3) is 0.333. The monoisotopic (exact) mass is 195 g/mol. The maximum atomic E-state index is 11.3. The van der Waals surface area contributed by atoms with Crippen molar-refractivity contribution in [1.29, 1.82) is 0 Å². The van der Waals surface area contributed by atoms with Gasteiger partial charge < -0.3 is 14.0 Å². The van der Waals surface area contributed by atoms with E-state index in [2.05, 4.69) is 4.74 Å². The van der Waals surface area contributed by atoms with Gasteiger partial charge in [-0.1, -0.05) is 6.07 Å². The predicted molar refractivity (Wildman–Crippen MR) is 46.9 cm³/mol. The van der Waals surface area contributed by atoms with Crippen LogP contribution in [0.15, 0.2) is 29.2 Å². The van der Waals surface area contributed by atoms with E-state index in [9.17, 15) is 9.59 Å². The number of hydrogen-bond donors (Lipinski definition) is 0. The molecular weight excluding hydrogens is 186 g/mol. The summed E-state index contributed by atoms with van der Waals surface area (Å²) in [5.74, 6) is 0. The highest BCUT2D eigenvalue weighted by atomic mass is 16.8. The summed E-state index contributed by atoms with van der Waals surface area (Å²) in [6, 6.07) is 4.87. The summed E-state index contributed by atoms with van der Waals surface area (Å²) in [6.45, 7) is 0.547. The highest BCUT2D eigenvalue weighted by Crippen LogP contribution is 2.07. The van der Waals surface area contributed by atoms with Crippen molar-refractivity contribution in [3.8, 4) is 0 Å². The van der Waals surface area contributed by atoms with E-state index >= 15 is 0 Å². The molecule has 2 rings (SSSR count). The molecule has 74 valence electrons. The van der Waals surface area contributed by atoms with E-state index in [0.717, 1.165) is 0 Å². The van der Waals surface area contributed by atoms with E-state index in [-0.39, 0.29) is 18.3 Å². The van der Waals surface area contributed by atoms with Crippen LogP contribution < -0.4 is 5.56 Å². The molecule has 0 saturated carbocycles. The summed E-state index contributed by atoms with van der Waals surface area (Å²) < 4.78 is 10.9. The van der Waals surface area contributed by atoms with Crippen LogP contribution >= 0.6 is 0 Å². The highest BCUT2D eigenvalue weighted by molar-refractivity contribution is 5.61. The Morgan fingerprint density at radius 2 is 2.29 bits per heavy atom. The van der Waals surface area contributed by atoms with Gasteiger partial charge in [-0.3, -0.25) is 4.79 Å². The Hall–Kier alpha value is -1.78. The molecule has 2 heterocycles. The van der Waals surface area contributed by atoms with Gasteiger partial charge in [-0.25, -0.2) is 4.79 Å². The van der Waals surface area contributed by atoms with Crippen LogP contribution in [0.1, 0.15) is 0 Å². The van der Waals surface area contributed by atoms with Crippen molar-refractivity contribution in [2.75, 3.05) is 6.61 Å². The Balaban J connectivity index is 2.08. The Morgan fingerprint density at radius 1 is 1.43 bits per heavy atom. The molecule has 0 spiro atoms. The molecule has 5 heteroatoms. The molecule has 0 N–H and O–H groups in total. The Kier molecular flexibility index (Phi) is 2.22. The van der Waals surface area contributed by atoms with Crippen LogP contribution in [0.4, 0.5) is 4.79 Å². The van der Waals surface area contributed by atoms with Gasteiger partial charge in [0.25, 0.3) is 5.56 Å². The molecule has 0 aliphatic carbocycles. The zero-order chi connectivity index (χ0) is 9.97. The van der Waals surface area contributed by atoms with Crippen molar-refractivity contribution in [2.45, 2.75) is 12.6 Å². The molecule has 5 nitrogen and oxygen atoms in total. The summed E-state index contributed by atoms with van der Waals surface area (Å²) in [5, 5.41) is 0. The summed E-state index contributed by atoms with van der Waals surface area (Å²) in [7, 11) is 0. The molecule has 1 atom stereocenters. The molecule has 1 aliphatic heterocycles. The van der Waals surface area contributed by atoms with Crippen LogP contribution in [0.5, 0.6) is 0 Å².